The van der Waals surface area contributed by atoms with Gasteiger partial charge in [0.2, 0.25) is 0 Å². The van der Waals surface area contributed by atoms with Crippen molar-refractivity contribution in [1.82, 2.24) is 10.1 Å². The highest BCUT2D eigenvalue weighted by Crippen LogP contribution is 2.30. The number of aromatic nitrogens is 1. The number of rotatable bonds is 2. The molecule has 1 aromatic heterocycles. The monoisotopic (exact) mass is 283 g/mol. The normalized spacial score (nSPS) is 14.2. The number of benzene rings is 1. The molecule has 1 N–H and O–H groups in total. The first-order valence-corrected chi connectivity index (χ1v) is 6.98. The van der Waals surface area contributed by atoms with Crippen LogP contribution in [0.4, 0.5) is 10.5 Å². The number of urea groups is 1. The van der Waals surface area contributed by atoms with Crippen LogP contribution in [-0.4, -0.2) is 29.2 Å². The fourth-order valence-electron chi connectivity index (χ4n) is 2.32. The molecule has 0 bridgehead atoms. The Hall–Kier alpha value is -2.56. The molecule has 0 spiro atoms. The van der Waals surface area contributed by atoms with Crippen LogP contribution in [0.15, 0.2) is 47.0 Å². The summed E-state index contributed by atoms with van der Waals surface area (Å²) in [6.07, 6.45) is 4.98. The van der Waals surface area contributed by atoms with E-state index in [1.54, 1.807) is 11.8 Å². The zero-order valence-electron chi connectivity index (χ0n) is 11.9. The summed E-state index contributed by atoms with van der Waals surface area (Å²) in [5.74, 6) is 0.606. The minimum absolute atomic E-state index is 0.122. The lowest BCUT2D eigenvalue weighted by molar-refractivity contribution is 0.216. The van der Waals surface area contributed by atoms with Gasteiger partial charge in [0.05, 0.1) is 0 Å². The SMILES string of the molecule is Cc1onc(-c2ccccc2)c1NC(=O)N1CC=CCC1. The van der Waals surface area contributed by atoms with E-state index >= 15 is 0 Å². The van der Waals surface area contributed by atoms with Crippen molar-refractivity contribution in [3.63, 3.8) is 0 Å². The fraction of sp³-hybridized carbons (Fsp3) is 0.250. The molecule has 1 aromatic carbocycles. The van der Waals surface area contributed by atoms with E-state index in [1.807, 2.05) is 36.4 Å². The number of hydrogen-bond acceptors (Lipinski definition) is 3. The van der Waals surface area contributed by atoms with Gasteiger partial charge in [-0.1, -0.05) is 47.6 Å². The molecule has 2 amide bonds. The molecule has 2 heterocycles. The average molecular weight is 283 g/mol. The van der Waals surface area contributed by atoms with Gasteiger partial charge in [-0.25, -0.2) is 4.79 Å². The summed E-state index contributed by atoms with van der Waals surface area (Å²) in [6, 6.07) is 9.56. The standard InChI is InChI=1S/C16H17N3O2/c1-12-14(17-16(20)19-10-6-3-7-11-19)15(18-21-12)13-8-4-2-5-9-13/h2-6,8-9H,7,10-11H2,1H3,(H,17,20). The van der Waals surface area contributed by atoms with Gasteiger partial charge in [-0.15, -0.1) is 0 Å². The molecule has 0 aliphatic carbocycles. The zero-order chi connectivity index (χ0) is 14.7. The molecule has 0 saturated heterocycles. The molecule has 0 atom stereocenters. The topological polar surface area (TPSA) is 58.4 Å². The quantitative estimate of drug-likeness (QED) is 0.859. The Kier molecular flexibility index (Phi) is 3.73. The molecule has 2 aromatic rings. The maximum atomic E-state index is 12.3. The summed E-state index contributed by atoms with van der Waals surface area (Å²) in [7, 11) is 0. The van der Waals surface area contributed by atoms with Crippen LogP contribution in [0, 0.1) is 6.92 Å². The molecule has 0 radical (unpaired) electrons. The Morgan fingerprint density at radius 3 is 2.81 bits per heavy atom. The zero-order valence-corrected chi connectivity index (χ0v) is 11.9. The molecule has 108 valence electrons. The van der Waals surface area contributed by atoms with Crippen LogP contribution in [0.2, 0.25) is 0 Å². The second-order valence-electron chi connectivity index (χ2n) is 4.96. The summed E-state index contributed by atoms with van der Waals surface area (Å²) in [5, 5.41) is 6.99. The summed E-state index contributed by atoms with van der Waals surface area (Å²) < 4.78 is 5.24. The van der Waals surface area contributed by atoms with Crippen molar-refractivity contribution in [1.29, 1.82) is 0 Å². The molecule has 5 nitrogen and oxygen atoms in total. The van der Waals surface area contributed by atoms with E-state index < -0.39 is 0 Å². The lowest BCUT2D eigenvalue weighted by atomic mass is 10.1. The Morgan fingerprint density at radius 1 is 1.29 bits per heavy atom. The summed E-state index contributed by atoms with van der Waals surface area (Å²) in [4.78, 5) is 14.1. The molecule has 1 aliphatic heterocycles. The van der Waals surface area contributed by atoms with Crippen molar-refractivity contribution in [2.24, 2.45) is 0 Å². The van der Waals surface area contributed by atoms with Crippen LogP contribution in [0.1, 0.15) is 12.2 Å². The number of nitrogens with zero attached hydrogens (tertiary/aromatic N) is 2. The first-order valence-electron chi connectivity index (χ1n) is 6.98. The number of nitrogens with one attached hydrogen (secondary N) is 1. The van der Waals surface area contributed by atoms with E-state index in [1.165, 1.54) is 0 Å². The number of carbonyl (C=O) groups is 1. The highest BCUT2D eigenvalue weighted by Gasteiger charge is 2.20. The average Bonchev–Trinajstić information content (AvgIpc) is 2.90. The summed E-state index contributed by atoms with van der Waals surface area (Å²) in [5.41, 5.74) is 2.22. The lowest BCUT2D eigenvalue weighted by Crippen LogP contribution is -2.37. The van der Waals surface area contributed by atoms with Gasteiger partial charge in [0, 0.05) is 18.7 Å². The molecule has 0 saturated carbocycles. The van der Waals surface area contributed by atoms with Gasteiger partial charge in [-0.05, 0) is 13.3 Å². The number of aryl methyl sites for hydroxylation is 1. The van der Waals surface area contributed by atoms with Crippen LogP contribution in [0.25, 0.3) is 11.3 Å². The number of carbonyl (C=O) groups excluding carboxylic acids is 1. The predicted molar refractivity (Wildman–Crippen MR) is 81.0 cm³/mol. The van der Waals surface area contributed by atoms with Gasteiger partial charge in [0.1, 0.15) is 11.4 Å². The lowest BCUT2D eigenvalue weighted by Gasteiger charge is -2.23. The Balaban J connectivity index is 1.84. The van der Waals surface area contributed by atoms with Crippen molar-refractivity contribution in [2.45, 2.75) is 13.3 Å². The van der Waals surface area contributed by atoms with Crippen molar-refractivity contribution in [3.8, 4) is 11.3 Å². The molecular weight excluding hydrogens is 266 g/mol. The number of amides is 2. The largest absolute Gasteiger partial charge is 0.359 e. The van der Waals surface area contributed by atoms with Crippen LogP contribution in [0.5, 0.6) is 0 Å². The first-order chi connectivity index (χ1) is 10.3. The van der Waals surface area contributed by atoms with Gasteiger partial charge in [-0.3, -0.25) is 0 Å². The third-order valence-electron chi connectivity index (χ3n) is 3.49. The molecule has 1 aliphatic rings. The highest BCUT2D eigenvalue weighted by molar-refractivity contribution is 5.94. The van der Waals surface area contributed by atoms with Gasteiger partial charge < -0.3 is 14.7 Å². The molecule has 0 unspecified atom stereocenters. The Morgan fingerprint density at radius 2 is 2.10 bits per heavy atom. The van der Waals surface area contributed by atoms with E-state index in [0.29, 0.717) is 23.7 Å². The third kappa shape index (κ3) is 2.81. The van der Waals surface area contributed by atoms with E-state index in [4.69, 9.17) is 4.52 Å². The molecule has 0 fully saturated rings. The van der Waals surface area contributed by atoms with Crippen LogP contribution >= 0.6 is 0 Å². The number of hydrogen-bond donors (Lipinski definition) is 1. The Bertz CT molecular complexity index is 661. The highest BCUT2D eigenvalue weighted by atomic mass is 16.5. The second kappa shape index (κ2) is 5.83. The Labute approximate surface area is 123 Å². The third-order valence-corrected chi connectivity index (χ3v) is 3.49. The predicted octanol–water partition coefficient (Wildman–Crippen LogP) is 3.44. The van der Waals surface area contributed by atoms with Crippen LogP contribution in [0.3, 0.4) is 0 Å². The van der Waals surface area contributed by atoms with Crippen LogP contribution < -0.4 is 5.32 Å². The minimum atomic E-state index is -0.122. The van der Waals surface area contributed by atoms with E-state index in [-0.39, 0.29) is 6.03 Å². The molecule has 5 heteroatoms. The van der Waals surface area contributed by atoms with Crippen molar-refractivity contribution >= 4 is 11.7 Å². The second-order valence-corrected chi connectivity index (χ2v) is 4.96. The van der Waals surface area contributed by atoms with Gasteiger partial charge >= 0.3 is 6.03 Å². The van der Waals surface area contributed by atoms with Crippen molar-refractivity contribution in [2.75, 3.05) is 18.4 Å². The first kappa shape index (κ1) is 13.4. The van der Waals surface area contributed by atoms with E-state index in [2.05, 4.69) is 16.5 Å². The minimum Gasteiger partial charge on any atom is -0.359 e. The summed E-state index contributed by atoms with van der Waals surface area (Å²) >= 11 is 0. The molecule has 3 rings (SSSR count). The van der Waals surface area contributed by atoms with E-state index in [9.17, 15) is 4.79 Å². The van der Waals surface area contributed by atoms with Crippen LogP contribution in [-0.2, 0) is 0 Å². The smallest absolute Gasteiger partial charge is 0.322 e. The van der Waals surface area contributed by atoms with Gasteiger partial charge in [-0.2, -0.15) is 0 Å². The number of anilines is 1. The van der Waals surface area contributed by atoms with E-state index in [0.717, 1.165) is 18.5 Å². The maximum absolute atomic E-state index is 12.3. The van der Waals surface area contributed by atoms with Gasteiger partial charge in [0.15, 0.2) is 5.76 Å². The molecular formula is C16H17N3O2. The van der Waals surface area contributed by atoms with Gasteiger partial charge in [0.25, 0.3) is 0 Å². The molecule has 21 heavy (non-hydrogen) atoms. The van der Waals surface area contributed by atoms with Crippen molar-refractivity contribution in [3.05, 3.63) is 48.2 Å². The summed E-state index contributed by atoms with van der Waals surface area (Å²) in [6.45, 7) is 3.16. The van der Waals surface area contributed by atoms with Crippen molar-refractivity contribution < 1.29 is 9.32 Å². The fourth-order valence-corrected chi connectivity index (χ4v) is 2.32. The maximum Gasteiger partial charge on any atom is 0.322 e.